The molecule has 21 heavy (non-hydrogen) atoms. The minimum atomic E-state index is -1.56. The summed E-state index contributed by atoms with van der Waals surface area (Å²) in [4.78, 5) is 11.6. The fourth-order valence-electron chi connectivity index (χ4n) is 0.875. The number of carboxylic acids is 1. The Balaban J connectivity index is 6.15. The smallest absolute Gasteiger partial charge is 0.333 e. The fraction of sp³-hybridized carbons (Fsp3) is 0.857. The van der Waals surface area contributed by atoms with Gasteiger partial charge in [-0.3, -0.25) is 0 Å². The average molecular weight is 1080 g/mol. The summed E-state index contributed by atoms with van der Waals surface area (Å²) in [5.74, 6) is -1.14. The summed E-state index contributed by atoms with van der Waals surface area (Å²) in [5, 5.41) is 9.45. The highest BCUT2D eigenvalue weighted by Crippen LogP contribution is 2.72. The van der Waals surface area contributed by atoms with Crippen molar-refractivity contribution in [2.24, 2.45) is 0 Å². The summed E-state index contributed by atoms with van der Waals surface area (Å²) in [5.41, 5.74) is 0. The van der Waals surface area contributed by atoms with Crippen molar-refractivity contribution in [2.45, 2.75) is 19.9 Å². The van der Waals surface area contributed by atoms with Crippen LogP contribution in [0.4, 0.5) is 0 Å². The Labute approximate surface area is 222 Å². The monoisotopic (exact) mass is 1070 g/mol. The summed E-state index contributed by atoms with van der Waals surface area (Å²) in [6, 6.07) is 0. The zero-order valence-corrected chi connectivity index (χ0v) is 28.0. The number of aliphatic carboxylic acids is 1. The summed E-state index contributed by atoms with van der Waals surface area (Å²) in [6.07, 6.45) is 0. The van der Waals surface area contributed by atoms with E-state index in [4.69, 9.17) is 0 Å². The summed E-state index contributed by atoms with van der Waals surface area (Å²) >= 11 is 41.3. The van der Waals surface area contributed by atoms with Gasteiger partial charge in [-0.1, -0.05) is 191 Å². The van der Waals surface area contributed by atoms with Crippen LogP contribution >= 0.6 is 191 Å². The van der Waals surface area contributed by atoms with Crippen LogP contribution < -0.4 is 0 Å². The number of hydrogen-bond donors (Lipinski definition) is 1. The van der Waals surface area contributed by atoms with E-state index in [1.165, 1.54) is 0 Å². The van der Waals surface area contributed by atoms with Crippen LogP contribution in [0.2, 0.25) is 0 Å². The van der Waals surface area contributed by atoms with Gasteiger partial charge in [-0.15, -0.1) is 0 Å². The number of carboxylic acid groups (broad SMARTS) is 1. The second-order valence-corrected chi connectivity index (χ2v) is 23.9. The highest BCUT2D eigenvalue weighted by molar-refractivity contribution is 9.36. The van der Waals surface area contributed by atoms with Crippen LogP contribution in [0.25, 0.3) is 0 Å². The molecule has 0 aliphatic heterocycles. The van der Waals surface area contributed by atoms with Gasteiger partial charge in [0.1, 0.15) is 12.9 Å². The second-order valence-electron chi connectivity index (χ2n) is 3.53. The molecule has 0 rings (SSSR count). The predicted molar refractivity (Wildman–Crippen MR) is 132 cm³/mol. The van der Waals surface area contributed by atoms with Crippen LogP contribution in [0.3, 0.4) is 0 Å². The van der Waals surface area contributed by atoms with E-state index < -0.39 is 22.1 Å². The highest BCUT2D eigenvalue weighted by atomic mass is 79.9. The Hall–Kier alpha value is 5.23. The van der Waals surface area contributed by atoms with E-state index >= 15 is 0 Å². The Bertz CT molecular complexity index is 414. The molecule has 0 bridgehead atoms. The van der Waals surface area contributed by atoms with E-state index in [0.717, 1.165) is 0 Å². The SMILES string of the molecule is O=C(O)C(Br)(Br)C(Br)(Br)C(Br)(Br)C(Br)(Br)C(Br)(Br)C(Br)Br. The molecule has 0 atom stereocenters. The Kier molecular flexibility index (Phi) is 10.9. The molecule has 0 spiro atoms. The van der Waals surface area contributed by atoms with E-state index in [9.17, 15) is 9.90 Å². The van der Waals surface area contributed by atoms with Crippen molar-refractivity contribution in [3.8, 4) is 0 Å². The van der Waals surface area contributed by atoms with Gasteiger partial charge in [-0.25, -0.2) is 4.79 Å². The molecule has 0 aliphatic rings. The van der Waals surface area contributed by atoms with Crippen molar-refractivity contribution in [1.29, 1.82) is 0 Å². The van der Waals surface area contributed by atoms with E-state index in [1.54, 1.807) is 0 Å². The van der Waals surface area contributed by atoms with Gasteiger partial charge in [-0.05, 0) is 0 Å². The third-order valence-electron chi connectivity index (χ3n) is 2.14. The van der Waals surface area contributed by atoms with Crippen LogP contribution in [-0.2, 0) is 4.79 Å². The molecule has 0 aromatic carbocycles. The summed E-state index contributed by atoms with van der Waals surface area (Å²) in [6.45, 7) is 0. The van der Waals surface area contributed by atoms with Gasteiger partial charge in [0.15, 0.2) is 0 Å². The lowest BCUT2D eigenvalue weighted by Gasteiger charge is -2.51. The minimum absolute atomic E-state index is 0.244. The van der Waals surface area contributed by atoms with E-state index in [-0.39, 0.29) is 3.74 Å². The zero-order valence-electron chi connectivity index (χ0n) is 8.97. The Morgan fingerprint density at radius 3 is 1.29 bits per heavy atom. The molecular weight excluding hydrogens is 1070 g/mol. The quantitative estimate of drug-likeness (QED) is 0.271. The lowest BCUT2D eigenvalue weighted by Crippen LogP contribution is -2.63. The number of rotatable bonds is 6. The summed E-state index contributed by atoms with van der Waals surface area (Å²) in [7, 11) is 0. The van der Waals surface area contributed by atoms with Crippen molar-refractivity contribution in [3.63, 3.8) is 0 Å². The van der Waals surface area contributed by atoms with Crippen LogP contribution in [0.5, 0.6) is 0 Å². The summed E-state index contributed by atoms with van der Waals surface area (Å²) < 4.78 is -5.96. The molecule has 126 valence electrons. The van der Waals surface area contributed by atoms with Gasteiger partial charge in [-0.2, -0.15) is 0 Å². The van der Waals surface area contributed by atoms with E-state index in [1.807, 2.05) is 0 Å². The zero-order chi connectivity index (χ0) is 17.7. The molecule has 0 aliphatic carbocycles. The maximum absolute atomic E-state index is 11.6. The predicted octanol–water partition coefficient (Wildman–Crippen LogP) is 8.62. The van der Waals surface area contributed by atoms with Crippen molar-refractivity contribution in [1.82, 2.24) is 0 Å². The van der Waals surface area contributed by atoms with Crippen molar-refractivity contribution >= 4 is 197 Å². The molecule has 0 fully saturated rings. The average Bonchev–Trinajstić information content (AvgIpc) is 2.27. The molecule has 1 N–H and O–H groups in total. The van der Waals surface area contributed by atoms with Gasteiger partial charge in [0.25, 0.3) is 0 Å². The van der Waals surface area contributed by atoms with Crippen LogP contribution in [0, 0.1) is 0 Å². The molecule has 0 unspecified atom stereocenters. The topological polar surface area (TPSA) is 37.3 Å². The van der Waals surface area contributed by atoms with Crippen molar-refractivity contribution < 1.29 is 9.90 Å². The maximum atomic E-state index is 11.6. The molecule has 0 saturated heterocycles. The van der Waals surface area contributed by atoms with Gasteiger partial charge >= 0.3 is 5.97 Å². The minimum Gasteiger partial charge on any atom is -0.480 e. The van der Waals surface area contributed by atoms with E-state index in [0.29, 0.717) is 0 Å². The number of halogens is 12. The molecule has 14 heteroatoms. The normalized spacial score (nSPS) is 15.5. The number of alkyl halides is 12. The lowest BCUT2D eigenvalue weighted by molar-refractivity contribution is -0.137. The Morgan fingerprint density at radius 1 is 0.714 bits per heavy atom. The number of hydrogen-bond acceptors (Lipinski definition) is 1. The maximum Gasteiger partial charge on any atom is 0.333 e. The molecular formula is C7H2Br12O2. The van der Waals surface area contributed by atoms with Gasteiger partial charge < -0.3 is 5.11 Å². The lowest BCUT2D eigenvalue weighted by atomic mass is 10.1. The molecule has 0 saturated carbocycles. The molecule has 0 radical (unpaired) electrons. The standard InChI is InChI=1S/C7H2Br12O2/c8-1(9)3(10,11)5(14,15)7(18,19)6(16,17)4(12,13)2(20)21/h1H,(H,20,21). The Morgan fingerprint density at radius 2 is 1.05 bits per heavy atom. The van der Waals surface area contributed by atoms with Crippen LogP contribution in [-0.4, -0.2) is 31.0 Å². The molecule has 0 heterocycles. The first kappa shape index (κ1) is 26.2. The van der Waals surface area contributed by atoms with Crippen molar-refractivity contribution in [3.05, 3.63) is 0 Å². The molecule has 0 aromatic rings. The van der Waals surface area contributed by atoms with Crippen LogP contribution in [0.15, 0.2) is 0 Å². The van der Waals surface area contributed by atoms with Crippen LogP contribution in [0.1, 0.15) is 0 Å². The second kappa shape index (κ2) is 8.71. The first-order valence-electron chi connectivity index (χ1n) is 4.29. The van der Waals surface area contributed by atoms with Gasteiger partial charge in [0.05, 0.1) is 3.74 Å². The third-order valence-corrected chi connectivity index (χ3v) is 25.7. The largest absolute Gasteiger partial charge is 0.480 e. The van der Waals surface area contributed by atoms with Gasteiger partial charge in [0, 0.05) is 0 Å². The first-order chi connectivity index (χ1) is 8.89. The molecule has 0 aromatic heterocycles. The van der Waals surface area contributed by atoms with E-state index in [2.05, 4.69) is 191 Å². The third kappa shape index (κ3) is 4.81. The van der Waals surface area contributed by atoms with Gasteiger partial charge in [0.2, 0.25) is 3.23 Å². The number of carbonyl (C=O) groups is 1. The van der Waals surface area contributed by atoms with Crippen molar-refractivity contribution in [2.75, 3.05) is 0 Å². The highest BCUT2D eigenvalue weighted by Gasteiger charge is 2.72. The first-order valence-corrected chi connectivity index (χ1v) is 14.1. The molecule has 0 amide bonds. The molecule has 2 nitrogen and oxygen atoms in total. The fourth-order valence-corrected chi connectivity index (χ4v) is 10.4.